The molecule has 1 saturated heterocycles. The van der Waals surface area contributed by atoms with E-state index in [1.165, 1.54) is 30.0 Å². The second-order valence-corrected chi connectivity index (χ2v) is 8.67. The van der Waals surface area contributed by atoms with Crippen molar-refractivity contribution < 1.29 is 13.9 Å². The van der Waals surface area contributed by atoms with Gasteiger partial charge in [-0.05, 0) is 42.0 Å². The first kappa shape index (κ1) is 22.8. The number of anilines is 1. The van der Waals surface area contributed by atoms with Gasteiger partial charge in [0.05, 0.1) is 19.2 Å². The highest BCUT2D eigenvalue weighted by Gasteiger charge is 2.22. The summed E-state index contributed by atoms with van der Waals surface area (Å²) in [5.74, 6) is 1.06. The number of benzene rings is 2. The van der Waals surface area contributed by atoms with E-state index in [1.54, 1.807) is 24.1 Å². The minimum Gasteiger partial charge on any atom is -0.497 e. The molecule has 0 bridgehead atoms. The summed E-state index contributed by atoms with van der Waals surface area (Å²) < 4.78 is 18.4. The summed E-state index contributed by atoms with van der Waals surface area (Å²) in [4.78, 5) is 36.1. The molecule has 33 heavy (non-hydrogen) atoms. The average molecular weight is 469 g/mol. The maximum Gasteiger partial charge on any atom is 0.251 e. The van der Waals surface area contributed by atoms with E-state index < -0.39 is 0 Å². The van der Waals surface area contributed by atoms with Crippen LogP contribution in [0.3, 0.4) is 0 Å². The van der Waals surface area contributed by atoms with Gasteiger partial charge in [-0.1, -0.05) is 23.9 Å². The largest absolute Gasteiger partial charge is 0.497 e. The highest BCUT2D eigenvalue weighted by atomic mass is 32.2. The van der Waals surface area contributed by atoms with E-state index in [2.05, 4.69) is 14.9 Å². The average Bonchev–Trinajstić information content (AvgIpc) is 2.83. The fourth-order valence-corrected chi connectivity index (χ4v) is 4.53. The van der Waals surface area contributed by atoms with Gasteiger partial charge in [-0.3, -0.25) is 9.59 Å². The van der Waals surface area contributed by atoms with Crippen LogP contribution in [-0.4, -0.2) is 54.1 Å². The number of aromatic nitrogens is 2. The van der Waals surface area contributed by atoms with Crippen molar-refractivity contribution in [2.75, 3.05) is 38.2 Å². The fourth-order valence-electron chi connectivity index (χ4n) is 3.69. The van der Waals surface area contributed by atoms with Gasteiger partial charge in [0, 0.05) is 43.7 Å². The molecular formula is C24H25FN4O3S. The van der Waals surface area contributed by atoms with E-state index in [1.807, 2.05) is 24.3 Å². The zero-order chi connectivity index (χ0) is 23.2. The third-order valence-corrected chi connectivity index (χ3v) is 6.38. The van der Waals surface area contributed by atoms with Crippen LogP contribution in [0, 0.1) is 5.82 Å². The van der Waals surface area contributed by atoms with Crippen molar-refractivity contribution in [1.82, 2.24) is 14.9 Å². The molecule has 0 spiro atoms. The molecule has 3 aromatic rings. The summed E-state index contributed by atoms with van der Waals surface area (Å²) in [7, 11) is 1.62. The lowest BCUT2D eigenvalue weighted by Crippen LogP contribution is -2.49. The predicted octanol–water partition coefficient (Wildman–Crippen LogP) is 3.10. The number of H-pyrrole nitrogens is 1. The molecule has 1 aliphatic rings. The summed E-state index contributed by atoms with van der Waals surface area (Å²) in [6.07, 6.45) is 0.0766. The van der Waals surface area contributed by atoms with Crippen LogP contribution in [0.5, 0.6) is 5.75 Å². The zero-order valence-corrected chi connectivity index (χ0v) is 19.1. The molecule has 0 atom stereocenters. The van der Waals surface area contributed by atoms with Gasteiger partial charge in [-0.25, -0.2) is 9.37 Å². The molecule has 7 nitrogen and oxygen atoms in total. The number of amides is 1. The predicted molar refractivity (Wildman–Crippen MR) is 126 cm³/mol. The summed E-state index contributed by atoms with van der Waals surface area (Å²) in [5, 5.41) is 0.481. The Morgan fingerprint density at radius 2 is 1.88 bits per heavy atom. The summed E-state index contributed by atoms with van der Waals surface area (Å²) in [6.45, 7) is 2.47. The lowest BCUT2D eigenvalue weighted by atomic mass is 10.2. The number of aromatic amines is 1. The number of rotatable bonds is 7. The Labute approximate surface area is 195 Å². The van der Waals surface area contributed by atoms with Gasteiger partial charge in [0.1, 0.15) is 11.6 Å². The molecule has 1 aliphatic heterocycles. The minimum atomic E-state index is -0.276. The van der Waals surface area contributed by atoms with Gasteiger partial charge >= 0.3 is 0 Å². The second-order valence-electron chi connectivity index (χ2n) is 7.70. The van der Waals surface area contributed by atoms with E-state index in [9.17, 15) is 14.0 Å². The van der Waals surface area contributed by atoms with E-state index in [-0.39, 0.29) is 23.7 Å². The summed E-state index contributed by atoms with van der Waals surface area (Å²) in [5.41, 5.74) is 2.17. The van der Waals surface area contributed by atoms with Crippen LogP contribution < -0.4 is 15.2 Å². The van der Waals surface area contributed by atoms with Crippen molar-refractivity contribution in [3.05, 3.63) is 82.0 Å². The number of hydrogen-bond acceptors (Lipinski definition) is 6. The highest BCUT2D eigenvalue weighted by molar-refractivity contribution is 7.98. The number of nitrogens with zero attached hydrogens (tertiary/aromatic N) is 3. The van der Waals surface area contributed by atoms with Crippen molar-refractivity contribution in [3.63, 3.8) is 0 Å². The van der Waals surface area contributed by atoms with Gasteiger partial charge in [-0.2, -0.15) is 0 Å². The molecule has 2 aromatic carbocycles. The number of thioether (sulfide) groups is 1. The van der Waals surface area contributed by atoms with Crippen LogP contribution in [0.4, 0.5) is 10.1 Å². The first-order valence-corrected chi connectivity index (χ1v) is 11.6. The molecule has 1 amide bonds. The maximum absolute atomic E-state index is 13.1. The van der Waals surface area contributed by atoms with Crippen molar-refractivity contribution >= 4 is 23.4 Å². The number of methoxy groups -OCH3 is 1. The Balaban J connectivity index is 1.34. The fraction of sp³-hybridized carbons (Fsp3) is 0.292. The molecule has 1 N–H and O–H groups in total. The molecule has 0 radical (unpaired) electrons. The zero-order valence-electron chi connectivity index (χ0n) is 18.3. The number of halogens is 1. The van der Waals surface area contributed by atoms with Gasteiger partial charge in [0.15, 0.2) is 5.16 Å². The first-order valence-electron chi connectivity index (χ1n) is 10.6. The normalized spacial score (nSPS) is 13.8. The molecule has 1 aromatic heterocycles. The van der Waals surface area contributed by atoms with Crippen molar-refractivity contribution in [1.29, 1.82) is 0 Å². The molecule has 0 aliphatic carbocycles. The Bertz CT molecular complexity index is 1160. The molecular weight excluding hydrogens is 443 g/mol. The van der Waals surface area contributed by atoms with Gasteiger partial charge in [-0.15, -0.1) is 0 Å². The monoisotopic (exact) mass is 468 g/mol. The Morgan fingerprint density at radius 3 is 2.61 bits per heavy atom. The van der Waals surface area contributed by atoms with Crippen molar-refractivity contribution in [2.45, 2.75) is 17.3 Å². The quantitative estimate of drug-likeness (QED) is 0.424. The van der Waals surface area contributed by atoms with Crippen LogP contribution in [-0.2, 0) is 17.0 Å². The Morgan fingerprint density at radius 1 is 1.12 bits per heavy atom. The Kier molecular flexibility index (Phi) is 7.29. The first-order chi connectivity index (χ1) is 16.0. The van der Waals surface area contributed by atoms with Crippen molar-refractivity contribution in [2.24, 2.45) is 0 Å². The van der Waals surface area contributed by atoms with Gasteiger partial charge < -0.3 is 19.5 Å². The van der Waals surface area contributed by atoms with Gasteiger partial charge in [0.2, 0.25) is 5.91 Å². The van der Waals surface area contributed by atoms with E-state index in [4.69, 9.17) is 4.74 Å². The number of nitrogens with one attached hydrogen (secondary N) is 1. The van der Waals surface area contributed by atoms with Crippen LogP contribution in [0.25, 0.3) is 0 Å². The number of carbonyl (C=O) groups is 1. The maximum atomic E-state index is 13.1. The van der Waals surface area contributed by atoms with E-state index >= 15 is 0 Å². The van der Waals surface area contributed by atoms with Crippen LogP contribution in [0.15, 0.2) is 64.5 Å². The molecule has 172 valence electrons. The van der Waals surface area contributed by atoms with E-state index in [0.29, 0.717) is 42.8 Å². The topological polar surface area (TPSA) is 78.5 Å². The molecule has 4 rings (SSSR count). The lowest BCUT2D eigenvalue weighted by molar-refractivity contribution is -0.130. The summed E-state index contributed by atoms with van der Waals surface area (Å²) in [6, 6.07) is 15.5. The molecule has 0 unspecified atom stereocenters. The molecule has 9 heteroatoms. The Hall–Kier alpha value is -3.33. The summed E-state index contributed by atoms with van der Waals surface area (Å²) >= 11 is 1.40. The number of piperazine rings is 1. The second kappa shape index (κ2) is 10.5. The third kappa shape index (κ3) is 6.13. The number of hydrogen-bond donors (Lipinski definition) is 1. The number of ether oxygens (including phenoxy) is 1. The molecule has 2 heterocycles. The van der Waals surface area contributed by atoms with Crippen LogP contribution >= 0.6 is 11.8 Å². The van der Waals surface area contributed by atoms with E-state index in [0.717, 1.165) is 17.0 Å². The van der Waals surface area contributed by atoms with Crippen molar-refractivity contribution in [3.8, 4) is 5.75 Å². The number of carbonyl (C=O) groups excluding carboxylic acids is 1. The minimum absolute atomic E-state index is 0.0596. The smallest absolute Gasteiger partial charge is 0.251 e. The SMILES string of the molecule is COc1cccc(CSc2nc(CC(=O)N3CCN(c4ccc(F)cc4)CC3)cc(=O)[nH]2)c1. The molecule has 1 fully saturated rings. The standard InChI is InChI=1S/C24H25FN4O3S/c1-32-21-4-2-3-17(13-21)16-33-24-26-19(14-22(30)27-24)15-23(31)29-11-9-28(10-12-29)20-7-5-18(25)6-8-20/h2-8,13-14H,9-12,15-16H2,1H3,(H,26,27,30). The van der Waals surface area contributed by atoms with Gasteiger partial charge in [0.25, 0.3) is 5.56 Å². The third-order valence-electron chi connectivity index (χ3n) is 5.44. The highest BCUT2D eigenvalue weighted by Crippen LogP contribution is 2.22. The van der Waals surface area contributed by atoms with Crippen LogP contribution in [0.2, 0.25) is 0 Å². The lowest BCUT2D eigenvalue weighted by Gasteiger charge is -2.36. The van der Waals surface area contributed by atoms with Crippen LogP contribution in [0.1, 0.15) is 11.3 Å². The molecule has 0 saturated carbocycles.